The Morgan fingerprint density at radius 3 is 2.23 bits per heavy atom. The maximum atomic E-state index is 13.9. The molecule has 5 amide bonds. The highest BCUT2D eigenvalue weighted by Gasteiger charge is 2.44. The van der Waals surface area contributed by atoms with Crippen LogP contribution in [0.2, 0.25) is 0 Å². The number of rotatable bonds is 14. The Morgan fingerprint density at radius 2 is 1.56 bits per heavy atom. The Balaban J connectivity index is 1.40. The highest BCUT2D eigenvalue weighted by Crippen LogP contribution is 2.39. The van der Waals surface area contributed by atoms with E-state index in [1.165, 1.54) is 4.90 Å². The van der Waals surface area contributed by atoms with E-state index in [4.69, 9.17) is 11.5 Å². The molecule has 0 aromatic heterocycles. The fraction of sp³-hybridized carbons (Fsp3) is 0.485. The summed E-state index contributed by atoms with van der Waals surface area (Å²) in [5.74, 6) is -2.52. The largest absolute Gasteiger partial charge is 0.370 e. The average molecular weight is 685 g/mol. The zero-order chi connectivity index (χ0) is 34.8. The van der Waals surface area contributed by atoms with Crippen molar-refractivity contribution < 1.29 is 38.3 Å². The number of hydrogen-bond donors (Lipinski definition) is 7. The summed E-state index contributed by atoms with van der Waals surface area (Å²) < 4.78 is 11.3. The third kappa shape index (κ3) is 10.7. The summed E-state index contributed by atoms with van der Waals surface area (Å²) in [6, 6.07) is 11.7. The van der Waals surface area contributed by atoms with E-state index in [0.717, 1.165) is 12.0 Å². The topological polar surface area (TPSA) is 234 Å². The van der Waals surface area contributed by atoms with Crippen molar-refractivity contribution >= 4 is 37.1 Å². The molecule has 9 N–H and O–H groups in total. The van der Waals surface area contributed by atoms with Gasteiger partial charge in [0.2, 0.25) is 29.5 Å². The van der Waals surface area contributed by atoms with Crippen LogP contribution in [0.5, 0.6) is 0 Å². The van der Waals surface area contributed by atoms with Crippen molar-refractivity contribution in [2.75, 3.05) is 0 Å². The second kappa shape index (κ2) is 16.8. The van der Waals surface area contributed by atoms with Crippen molar-refractivity contribution in [3.63, 3.8) is 0 Å². The molecule has 0 spiro atoms. The van der Waals surface area contributed by atoms with Crippen LogP contribution >= 0.6 is 7.60 Å². The third-order valence-corrected chi connectivity index (χ3v) is 9.56. The Labute approximate surface area is 279 Å². The quantitative estimate of drug-likeness (QED) is 0.139. The molecule has 2 aliphatic heterocycles. The average Bonchev–Trinajstić information content (AvgIpc) is 3.46. The second-order valence-corrected chi connectivity index (χ2v) is 14.2. The molecule has 260 valence electrons. The molecular formula is C33H45N6O8P. The summed E-state index contributed by atoms with van der Waals surface area (Å²) in [4.78, 5) is 85.3. The van der Waals surface area contributed by atoms with E-state index in [0.29, 0.717) is 43.2 Å². The lowest BCUT2D eigenvalue weighted by Crippen LogP contribution is -2.59. The smallest absolute Gasteiger partial charge is 0.329 e. The molecule has 2 aromatic carbocycles. The predicted molar refractivity (Wildman–Crippen MR) is 177 cm³/mol. The SMILES string of the molecule is NC(=O)CC[C@H](NC(=O)[C@@H]1CC[C@@H]2CCCC[C@H](NC(=O)[C@@H](N)Cc3ccc(CP(=O)(O)O)cc3)C(=O)N21)C(=O)NCc1ccccc1. The lowest BCUT2D eigenvalue weighted by Gasteiger charge is -2.36. The molecule has 2 aromatic rings. The number of primary amides is 1. The maximum Gasteiger partial charge on any atom is 0.329 e. The van der Waals surface area contributed by atoms with Crippen LogP contribution in [0.15, 0.2) is 54.6 Å². The lowest BCUT2D eigenvalue weighted by molar-refractivity contribution is -0.145. The molecule has 2 fully saturated rings. The first-order valence-corrected chi connectivity index (χ1v) is 18.0. The number of benzene rings is 2. The minimum atomic E-state index is -4.21. The van der Waals surface area contributed by atoms with Gasteiger partial charge in [0.25, 0.3) is 0 Å². The van der Waals surface area contributed by atoms with E-state index >= 15 is 0 Å². The van der Waals surface area contributed by atoms with Crippen molar-refractivity contribution in [1.29, 1.82) is 0 Å². The van der Waals surface area contributed by atoms with Gasteiger partial charge in [0.15, 0.2) is 0 Å². The van der Waals surface area contributed by atoms with E-state index in [2.05, 4.69) is 16.0 Å². The summed E-state index contributed by atoms with van der Waals surface area (Å²) in [7, 11) is -4.21. The molecule has 5 atom stereocenters. The van der Waals surface area contributed by atoms with Gasteiger partial charge in [0.05, 0.1) is 12.2 Å². The van der Waals surface area contributed by atoms with Crippen molar-refractivity contribution in [2.45, 2.75) is 101 Å². The van der Waals surface area contributed by atoms with Gasteiger partial charge in [-0.25, -0.2) is 0 Å². The molecule has 48 heavy (non-hydrogen) atoms. The molecule has 2 heterocycles. The van der Waals surface area contributed by atoms with Crippen LogP contribution in [0, 0.1) is 0 Å². The Bertz CT molecular complexity index is 1500. The first kappa shape index (κ1) is 36.7. The van der Waals surface area contributed by atoms with Crippen LogP contribution in [0.4, 0.5) is 0 Å². The van der Waals surface area contributed by atoms with Gasteiger partial charge >= 0.3 is 7.60 Å². The van der Waals surface area contributed by atoms with Crippen LogP contribution in [-0.2, 0) is 47.7 Å². The van der Waals surface area contributed by atoms with Gasteiger partial charge in [-0.05, 0) is 55.2 Å². The van der Waals surface area contributed by atoms with Gasteiger partial charge < -0.3 is 42.1 Å². The van der Waals surface area contributed by atoms with Crippen molar-refractivity contribution in [3.8, 4) is 0 Å². The van der Waals surface area contributed by atoms with E-state index in [-0.39, 0.29) is 37.8 Å². The zero-order valence-electron chi connectivity index (χ0n) is 26.8. The van der Waals surface area contributed by atoms with Gasteiger partial charge in [0.1, 0.15) is 18.1 Å². The second-order valence-electron chi connectivity index (χ2n) is 12.6. The van der Waals surface area contributed by atoms with Crippen molar-refractivity contribution in [3.05, 3.63) is 71.3 Å². The van der Waals surface area contributed by atoms with Crippen molar-refractivity contribution in [2.24, 2.45) is 11.5 Å². The van der Waals surface area contributed by atoms with Gasteiger partial charge in [-0.1, -0.05) is 67.4 Å². The summed E-state index contributed by atoms with van der Waals surface area (Å²) in [6.45, 7) is 0.226. The molecule has 2 aliphatic rings. The Kier molecular flexibility index (Phi) is 12.9. The molecule has 0 radical (unpaired) electrons. The molecule has 2 saturated heterocycles. The van der Waals surface area contributed by atoms with Crippen LogP contribution < -0.4 is 27.4 Å². The van der Waals surface area contributed by atoms with Gasteiger partial charge in [-0.2, -0.15) is 0 Å². The van der Waals surface area contributed by atoms with Gasteiger partial charge in [-0.3, -0.25) is 28.5 Å². The number of amides is 5. The van der Waals surface area contributed by atoms with E-state index in [1.54, 1.807) is 24.3 Å². The number of nitrogens with zero attached hydrogens (tertiary/aromatic N) is 1. The minimum absolute atomic E-state index is 0.00520. The fourth-order valence-corrected chi connectivity index (χ4v) is 6.99. The van der Waals surface area contributed by atoms with Gasteiger partial charge in [-0.15, -0.1) is 0 Å². The number of fused-ring (bicyclic) bond motifs is 1. The van der Waals surface area contributed by atoms with Crippen LogP contribution in [0.25, 0.3) is 0 Å². The van der Waals surface area contributed by atoms with Gasteiger partial charge in [0, 0.05) is 19.0 Å². The number of nitrogens with one attached hydrogen (secondary N) is 3. The molecule has 0 aliphatic carbocycles. The zero-order valence-corrected chi connectivity index (χ0v) is 27.6. The Morgan fingerprint density at radius 1 is 0.896 bits per heavy atom. The van der Waals surface area contributed by atoms with Crippen molar-refractivity contribution in [1.82, 2.24) is 20.9 Å². The summed E-state index contributed by atoms with van der Waals surface area (Å²) in [6.07, 6.45) is 3.17. The minimum Gasteiger partial charge on any atom is -0.370 e. The monoisotopic (exact) mass is 684 g/mol. The van der Waals surface area contributed by atoms with E-state index < -0.39 is 61.6 Å². The fourth-order valence-electron chi connectivity index (χ4n) is 6.30. The first-order chi connectivity index (χ1) is 22.8. The molecular weight excluding hydrogens is 639 g/mol. The standard InChI is InChI=1S/C33H45N6O8P/c34-25(18-21-10-12-23(13-11-21)20-48(45,46)47)30(41)38-27-9-5-4-8-24-14-16-28(39(24)33(27)44)32(43)37-26(15-17-29(35)40)31(42)36-19-22-6-2-1-3-7-22/h1-3,6-7,10-13,24-28H,4-5,8-9,14-20,34H2,(H2,35,40)(H,36,42)(H,37,43)(H,38,41)(H2,45,46,47)/t24-,25-,26-,27-,28-/m0/s1. The summed E-state index contributed by atoms with van der Waals surface area (Å²) >= 11 is 0. The molecule has 0 unspecified atom stereocenters. The van der Waals surface area contributed by atoms with Crippen LogP contribution in [-0.4, -0.2) is 74.4 Å². The molecule has 4 rings (SSSR count). The third-order valence-electron chi connectivity index (χ3n) is 8.78. The van der Waals surface area contributed by atoms with Crippen LogP contribution in [0.3, 0.4) is 0 Å². The molecule has 14 nitrogen and oxygen atoms in total. The maximum absolute atomic E-state index is 13.9. The molecule has 0 saturated carbocycles. The normalized spacial score (nSPS) is 20.9. The highest BCUT2D eigenvalue weighted by molar-refractivity contribution is 7.50. The molecule has 0 bridgehead atoms. The predicted octanol–water partition coefficient (Wildman–Crippen LogP) is 0.719. The summed E-state index contributed by atoms with van der Waals surface area (Å²) in [5.41, 5.74) is 13.5. The summed E-state index contributed by atoms with van der Waals surface area (Å²) in [5, 5.41) is 8.34. The molecule has 15 heteroatoms. The lowest BCUT2D eigenvalue weighted by atomic mass is 9.98. The van der Waals surface area contributed by atoms with Crippen LogP contribution in [0.1, 0.15) is 68.1 Å². The Hall–Kier alpha value is -4.10. The number of carbonyl (C=O) groups is 5. The number of nitrogens with two attached hydrogens (primary N) is 2. The highest BCUT2D eigenvalue weighted by atomic mass is 31.2. The number of hydrogen-bond acceptors (Lipinski definition) is 7. The number of carbonyl (C=O) groups excluding carboxylic acids is 5. The first-order valence-electron chi connectivity index (χ1n) is 16.2. The van der Waals surface area contributed by atoms with E-state index in [1.807, 2.05) is 30.3 Å². The van der Waals surface area contributed by atoms with E-state index in [9.17, 15) is 38.3 Å².